The van der Waals surface area contributed by atoms with Crippen LogP contribution < -0.4 is 15.5 Å². The molecule has 0 aliphatic carbocycles. The molecule has 1 aliphatic rings. The first-order chi connectivity index (χ1) is 14.5. The molecular formula is C23H30N6O. The summed E-state index contributed by atoms with van der Waals surface area (Å²) in [6, 6.07) is 9.98. The first kappa shape index (κ1) is 20.2. The van der Waals surface area contributed by atoms with Crippen molar-refractivity contribution in [1.29, 1.82) is 0 Å². The number of hydrogen-bond donors (Lipinski definition) is 3. The summed E-state index contributed by atoms with van der Waals surface area (Å²) in [5, 5.41) is 7.65. The Kier molecular flexibility index (Phi) is 5.88. The van der Waals surface area contributed by atoms with Crippen molar-refractivity contribution >= 4 is 28.4 Å². The Balaban J connectivity index is 1.40. The van der Waals surface area contributed by atoms with Gasteiger partial charge in [-0.3, -0.25) is 4.79 Å². The maximum absolute atomic E-state index is 12.9. The van der Waals surface area contributed by atoms with E-state index in [1.54, 1.807) is 6.33 Å². The third-order valence-corrected chi connectivity index (χ3v) is 5.75. The predicted molar refractivity (Wildman–Crippen MR) is 121 cm³/mol. The monoisotopic (exact) mass is 406 g/mol. The molecule has 0 radical (unpaired) electrons. The highest BCUT2D eigenvalue weighted by atomic mass is 16.2. The van der Waals surface area contributed by atoms with Gasteiger partial charge in [-0.2, -0.15) is 0 Å². The highest BCUT2D eigenvalue weighted by molar-refractivity contribution is 5.87. The molecule has 3 heterocycles. The number of rotatable bonds is 6. The highest BCUT2D eigenvalue weighted by Gasteiger charge is 2.25. The van der Waals surface area contributed by atoms with Crippen LogP contribution in [0, 0.1) is 0 Å². The van der Waals surface area contributed by atoms with E-state index in [9.17, 15) is 4.79 Å². The number of hydrogen-bond acceptors (Lipinski definition) is 5. The van der Waals surface area contributed by atoms with E-state index >= 15 is 0 Å². The van der Waals surface area contributed by atoms with Crippen molar-refractivity contribution in [3.63, 3.8) is 0 Å². The van der Waals surface area contributed by atoms with Crippen LogP contribution in [0.2, 0.25) is 0 Å². The Morgan fingerprint density at radius 3 is 2.87 bits per heavy atom. The van der Waals surface area contributed by atoms with E-state index < -0.39 is 0 Å². The number of para-hydroxylation sites is 1. The van der Waals surface area contributed by atoms with E-state index in [2.05, 4.69) is 50.4 Å². The molecule has 1 amide bonds. The van der Waals surface area contributed by atoms with Crippen LogP contribution in [0.1, 0.15) is 45.1 Å². The van der Waals surface area contributed by atoms with Gasteiger partial charge in [-0.1, -0.05) is 32.0 Å². The van der Waals surface area contributed by atoms with E-state index in [-0.39, 0.29) is 18.0 Å². The van der Waals surface area contributed by atoms with Crippen LogP contribution >= 0.6 is 0 Å². The smallest absolute Gasteiger partial charge is 0.242 e. The van der Waals surface area contributed by atoms with Gasteiger partial charge >= 0.3 is 0 Å². The third kappa shape index (κ3) is 4.25. The molecule has 158 valence electrons. The van der Waals surface area contributed by atoms with Crippen LogP contribution in [0.25, 0.3) is 11.0 Å². The lowest BCUT2D eigenvalue weighted by Gasteiger charge is -2.34. The van der Waals surface area contributed by atoms with E-state index in [1.807, 2.05) is 37.4 Å². The summed E-state index contributed by atoms with van der Waals surface area (Å²) in [5.41, 5.74) is 3.09. The average Bonchev–Trinajstić information content (AvgIpc) is 3.23. The van der Waals surface area contributed by atoms with Crippen molar-refractivity contribution in [3.8, 4) is 0 Å². The lowest BCUT2D eigenvalue weighted by atomic mass is 10.0. The number of carbonyl (C=O) groups is 1. The quantitative estimate of drug-likeness (QED) is 0.582. The predicted octanol–water partition coefficient (Wildman–Crippen LogP) is 3.67. The normalized spacial score (nSPS) is 17.9. The van der Waals surface area contributed by atoms with E-state index in [0.29, 0.717) is 5.92 Å². The third-order valence-electron chi connectivity index (χ3n) is 5.75. The van der Waals surface area contributed by atoms with Crippen LogP contribution in [0.3, 0.4) is 0 Å². The molecule has 0 bridgehead atoms. The summed E-state index contributed by atoms with van der Waals surface area (Å²) < 4.78 is 0. The molecule has 1 saturated heterocycles. The summed E-state index contributed by atoms with van der Waals surface area (Å²) >= 11 is 0. The molecule has 3 N–H and O–H groups in total. The molecule has 4 rings (SSSR count). The average molecular weight is 407 g/mol. The Morgan fingerprint density at radius 2 is 2.03 bits per heavy atom. The summed E-state index contributed by atoms with van der Waals surface area (Å²) in [6.07, 6.45) is 5.46. The summed E-state index contributed by atoms with van der Waals surface area (Å²) in [5.74, 6) is 1.35. The fourth-order valence-corrected chi connectivity index (χ4v) is 4.15. The van der Waals surface area contributed by atoms with Crippen molar-refractivity contribution in [2.45, 2.75) is 51.6 Å². The van der Waals surface area contributed by atoms with Crippen LogP contribution in [-0.4, -0.2) is 46.0 Å². The van der Waals surface area contributed by atoms with Crippen molar-refractivity contribution in [2.75, 3.05) is 23.3 Å². The zero-order valence-electron chi connectivity index (χ0n) is 17.9. The van der Waals surface area contributed by atoms with Crippen LogP contribution in [-0.2, 0) is 4.79 Å². The number of H-pyrrole nitrogens is 1. The number of amides is 1. The van der Waals surface area contributed by atoms with Crippen molar-refractivity contribution < 1.29 is 4.79 Å². The number of anilines is 2. The van der Waals surface area contributed by atoms with Gasteiger partial charge in [0.15, 0.2) is 0 Å². The number of aromatic nitrogens is 3. The molecule has 1 aliphatic heterocycles. The molecule has 0 saturated carbocycles. The van der Waals surface area contributed by atoms with Crippen molar-refractivity contribution in [2.24, 2.45) is 0 Å². The van der Waals surface area contributed by atoms with Gasteiger partial charge in [0.25, 0.3) is 0 Å². The van der Waals surface area contributed by atoms with Gasteiger partial charge in [0.05, 0.1) is 5.39 Å². The van der Waals surface area contributed by atoms with Gasteiger partial charge in [-0.25, -0.2) is 9.97 Å². The van der Waals surface area contributed by atoms with Crippen LogP contribution in [0.5, 0.6) is 0 Å². The largest absolute Gasteiger partial charge is 0.374 e. The van der Waals surface area contributed by atoms with Gasteiger partial charge in [-0.15, -0.1) is 0 Å². The molecule has 30 heavy (non-hydrogen) atoms. The standard InChI is InChI=1S/C23H30N6O/c1-15(2)18-8-4-5-9-20(18)27-16(3)23(30)28-17-7-6-12-29(13-17)22-19-10-11-24-21(19)25-14-26-22/h4-5,8-11,14-17,27H,6-7,12-13H2,1-3H3,(H,28,30)(H,24,25,26)/t16-,17-/m1/s1. The molecule has 1 aromatic carbocycles. The lowest BCUT2D eigenvalue weighted by molar-refractivity contribution is -0.122. The van der Waals surface area contributed by atoms with E-state index in [1.165, 1.54) is 5.56 Å². The fourth-order valence-electron chi connectivity index (χ4n) is 4.15. The molecule has 2 atom stereocenters. The van der Waals surface area contributed by atoms with Crippen molar-refractivity contribution in [1.82, 2.24) is 20.3 Å². The van der Waals surface area contributed by atoms with Gasteiger partial charge in [-0.05, 0) is 43.4 Å². The highest BCUT2D eigenvalue weighted by Crippen LogP contribution is 2.26. The number of carbonyl (C=O) groups excluding carboxylic acids is 1. The minimum Gasteiger partial charge on any atom is -0.374 e. The van der Waals surface area contributed by atoms with Gasteiger partial charge in [0.2, 0.25) is 5.91 Å². The number of nitrogens with zero attached hydrogens (tertiary/aromatic N) is 3. The SMILES string of the molecule is CC(C)c1ccccc1N[C@H](C)C(=O)N[C@@H]1CCCN(c2ncnc3[nH]ccc23)C1. The summed E-state index contributed by atoms with van der Waals surface area (Å²) in [4.78, 5) is 27.1. The minimum atomic E-state index is -0.310. The van der Waals surface area contributed by atoms with Gasteiger partial charge < -0.3 is 20.5 Å². The minimum absolute atomic E-state index is 0.0230. The molecule has 7 heteroatoms. The Hall–Kier alpha value is -3.09. The van der Waals surface area contributed by atoms with Gasteiger partial charge in [0.1, 0.15) is 23.8 Å². The number of fused-ring (bicyclic) bond motifs is 1. The molecular weight excluding hydrogens is 376 g/mol. The Labute approximate surface area is 177 Å². The number of benzene rings is 1. The topological polar surface area (TPSA) is 85.9 Å². The molecule has 7 nitrogen and oxygen atoms in total. The first-order valence-electron chi connectivity index (χ1n) is 10.7. The molecule has 1 fully saturated rings. The molecule has 3 aromatic rings. The maximum Gasteiger partial charge on any atom is 0.242 e. The van der Waals surface area contributed by atoms with Crippen LogP contribution in [0.15, 0.2) is 42.9 Å². The second-order valence-electron chi connectivity index (χ2n) is 8.34. The number of nitrogens with one attached hydrogen (secondary N) is 3. The summed E-state index contributed by atoms with van der Waals surface area (Å²) in [6.45, 7) is 7.92. The zero-order valence-corrected chi connectivity index (χ0v) is 17.9. The maximum atomic E-state index is 12.9. The second-order valence-corrected chi connectivity index (χ2v) is 8.34. The molecule has 0 unspecified atom stereocenters. The first-order valence-corrected chi connectivity index (χ1v) is 10.7. The van der Waals surface area contributed by atoms with Crippen molar-refractivity contribution in [3.05, 3.63) is 48.4 Å². The second kappa shape index (κ2) is 8.73. The van der Waals surface area contributed by atoms with E-state index in [0.717, 1.165) is 48.5 Å². The lowest BCUT2D eigenvalue weighted by Crippen LogP contribution is -2.51. The molecule has 2 aromatic heterocycles. The summed E-state index contributed by atoms with van der Waals surface area (Å²) in [7, 11) is 0. The Morgan fingerprint density at radius 1 is 1.20 bits per heavy atom. The Bertz CT molecular complexity index is 1010. The number of aromatic amines is 1. The van der Waals surface area contributed by atoms with Crippen LogP contribution in [0.4, 0.5) is 11.5 Å². The van der Waals surface area contributed by atoms with Gasteiger partial charge in [0, 0.05) is 31.0 Å². The molecule has 0 spiro atoms. The van der Waals surface area contributed by atoms with E-state index in [4.69, 9.17) is 0 Å². The fraction of sp³-hybridized carbons (Fsp3) is 0.435. The zero-order chi connectivity index (χ0) is 21.1. The number of piperidine rings is 1.